The third kappa shape index (κ3) is 1.41. The number of aliphatic hydroxyl groups excluding tert-OH is 1. The quantitative estimate of drug-likeness (QED) is 0.495. The first kappa shape index (κ1) is 9.76. The Morgan fingerprint density at radius 3 is 3.06 bits per heavy atom. The van der Waals surface area contributed by atoms with Crippen LogP contribution in [0.1, 0.15) is 12.6 Å². The summed E-state index contributed by atoms with van der Waals surface area (Å²) in [5, 5.41) is 12.9. The van der Waals surface area contributed by atoms with Crippen molar-refractivity contribution in [3.63, 3.8) is 0 Å². The molecule has 3 heterocycles. The molecule has 0 radical (unpaired) electrons. The SMILES string of the molecule is Nc1ccn([C@@H]2OC3(CN3)CC2O)c(=O)n1. The van der Waals surface area contributed by atoms with E-state index in [0.29, 0.717) is 13.0 Å². The Hall–Kier alpha value is -1.44. The molecule has 3 atom stereocenters. The van der Waals surface area contributed by atoms with Gasteiger partial charge in [0.2, 0.25) is 0 Å². The van der Waals surface area contributed by atoms with Gasteiger partial charge in [0.05, 0.1) is 0 Å². The Morgan fingerprint density at radius 1 is 1.75 bits per heavy atom. The molecule has 2 saturated heterocycles. The molecule has 0 saturated carbocycles. The average Bonchev–Trinajstić information content (AvgIpc) is 2.87. The highest BCUT2D eigenvalue weighted by Crippen LogP contribution is 2.39. The summed E-state index contributed by atoms with van der Waals surface area (Å²) in [6.07, 6.45) is 0.572. The van der Waals surface area contributed by atoms with Crippen molar-refractivity contribution in [3.8, 4) is 0 Å². The molecular weight excluding hydrogens is 212 g/mol. The predicted molar refractivity (Wildman–Crippen MR) is 54.4 cm³/mol. The molecule has 0 aliphatic carbocycles. The zero-order valence-corrected chi connectivity index (χ0v) is 8.46. The minimum Gasteiger partial charge on any atom is -0.388 e. The van der Waals surface area contributed by atoms with Crippen molar-refractivity contribution in [1.82, 2.24) is 14.9 Å². The molecular formula is C9H12N4O3. The van der Waals surface area contributed by atoms with Crippen LogP contribution >= 0.6 is 0 Å². The maximum Gasteiger partial charge on any atom is 0.351 e. The normalized spacial score (nSPS) is 36.8. The monoisotopic (exact) mass is 224 g/mol. The van der Waals surface area contributed by atoms with Crippen LogP contribution in [0.25, 0.3) is 0 Å². The van der Waals surface area contributed by atoms with Crippen LogP contribution in [-0.2, 0) is 4.74 Å². The molecule has 86 valence electrons. The second-order valence-electron chi connectivity index (χ2n) is 4.17. The van der Waals surface area contributed by atoms with Crippen LogP contribution in [0, 0.1) is 0 Å². The standard InChI is InChI=1S/C9H12N4O3/c10-6-1-2-13(8(15)12-6)7-5(14)3-9(16-7)4-11-9/h1-2,5,7,11,14H,3-4H2,(H2,10,12,15)/t5?,7-,9?/m1/s1. The zero-order chi connectivity index (χ0) is 11.3. The van der Waals surface area contributed by atoms with Gasteiger partial charge < -0.3 is 15.6 Å². The summed E-state index contributed by atoms with van der Waals surface area (Å²) in [7, 11) is 0. The predicted octanol–water partition coefficient (Wildman–Crippen LogP) is -1.60. The van der Waals surface area contributed by atoms with E-state index in [0.717, 1.165) is 0 Å². The highest BCUT2D eigenvalue weighted by Gasteiger charge is 2.54. The first-order chi connectivity index (χ1) is 7.60. The highest BCUT2D eigenvalue weighted by atomic mass is 16.6. The fourth-order valence-electron chi connectivity index (χ4n) is 1.98. The molecule has 2 fully saturated rings. The molecule has 2 aliphatic rings. The van der Waals surface area contributed by atoms with Gasteiger partial charge in [-0.3, -0.25) is 9.88 Å². The number of nitrogen functional groups attached to an aromatic ring is 1. The summed E-state index contributed by atoms with van der Waals surface area (Å²) in [6.45, 7) is 0.706. The van der Waals surface area contributed by atoms with E-state index in [1.165, 1.54) is 16.8 Å². The van der Waals surface area contributed by atoms with Gasteiger partial charge in [0, 0.05) is 19.2 Å². The van der Waals surface area contributed by atoms with Gasteiger partial charge in [-0.2, -0.15) is 4.98 Å². The summed E-state index contributed by atoms with van der Waals surface area (Å²) in [5.41, 5.74) is 4.43. The highest BCUT2D eigenvalue weighted by molar-refractivity contribution is 5.23. The van der Waals surface area contributed by atoms with E-state index >= 15 is 0 Å². The van der Waals surface area contributed by atoms with Crippen LogP contribution in [0.3, 0.4) is 0 Å². The van der Waals surface area contributed by atoms with Crippen molar-refractivity contribution in [2.75, 3.05) is 12.3 Å². The number of ether oxygens (including phenoxy) is 1. The Balaban J connectivity index is 1.95. The van der Waals surface area contributed by atoms with Crippen LogP contribution in [0.15, 0.2) is 17.1 Å². The molecule has 0 aromatic carbocycles. The van der Waals surface area contributed by atoms with Crippen LogP contribution in [0.5, 0.6) is 0 Å². The number of rotatable bonds is 1. The number of aromatic nitrogens is 2. The number of nitrogens with one attached hydrogen (secondary N) is 1. The van der Waals surface area contributed by atoms with Crippen LogP contribution in [-0.4, -0.2) is 33.0 Å². The summed E-state index contributed by atoms with van der Waals surface area (Å²) in [5.74, 6) is 0.160. The summed E-state index contributed by atoms with van der Waals surface area (Å²) < 4.78 is 6.86. The average molecular weight is 224 g/mol. The molecule has 0 bridgehead atoms. The van der Waals surface area contributed by atoms with Crippen molar-refractivity contribution in [2.45, 2.75) is 24.5 Å². The van der Waals surface area contributed by atoms with Crippen molar-refractivity contribution in [1.29, 1.82) is 0 Å². The van der Waals surface area contributed by atoms with Crippen molar-refractivity contribution >= 4 is 5.82 Å². The van der Waals surface area contributed by atoms with E-state index in [1.54, 1.807) is 0 Å². The second kappa shape index (κ2) is 3.03. The van der Waals surface area contributed by atoms with E-state index in [1.807, 2.05) is 0 Å². The van der Waals surface area contributed by atoms with Gasteiger partial charge in [-0.05, 0) is 6.07 Å². The molecule has 1 spiro atoms. The van der Waals surface area contributed by atoms with E-state index in [2.05, 4.69) is 10.3 Å². The Kier molecular flexibility index (Phi) is 1.85. The molecule has 2 unspecified atom stereocenters. The lowest BCUT2D eigenvalue weighted by Gasteiger charge is -2.16. The third-order valence-electron chi connectivity index (χ3n) is 2.91. The Labute approximate surface area is 90.9 Å². The largest absolute Gasteiger partial charge is 0.388 e. The topological polar surface area (TPSA) is 112 Å². The van der Waals surface area contributed by atoms with Crippen LogP contribution < -0.4 is 16.7 Å². The van der Waals surface area contributed by atoms with Gasteiger partial charge in [0.15, 0.2) is 6.23 Å². The summed E-state index contributed by atoms with van der Waals surface area (Å²) in [4.78, 5) is 15.2. The minimum atomic E-state index is -0.710. The lowest BCUT2D eigenvalue weighted by atomic mass is 10.2. The lowest BCUT2D eigenvalue weighted by Crippen LogP contribution is -2.32. The zero-order valence-electron chi connectivity index (χ0n) is 8.46. The molecule has 3 rings (SSSR count). The fourth-order valence-corrected chi connectivity index (χ4v) is 1.98. The van der Waals surface area contributed by atoms with E-state index in [9.17, 15) is 9.90 Å². The van der Waals surface area contributed by atoms with Crippen LogP contribution in [0.4, 0.5) is 5.82 Å². The third-order valence-corrected chi connectivity index (χ3v) is 2.91. The van der Waals surface area contributed by atoms with Crippen molar-refractivity contribution < 1.29 is 9.84 Å². The van der Waals surface area contributed by atoms with Crippen molar-refractivity contribution in [3.05, 3.63) is 22.7 Å². The molecule has 16 heavy (non-hydrogen) atoms. The molecule has 0 amide bonds. The molecule has 4 N–H and O–H groups in total. The lowest BCUT2D eigenvalue weighted by molar-refractivity contribution is -0.0506. The number of nitrogens with two attached hydrogens (primary N) is 1. The van der Waals surface area contributed by atoms with Gasteiger partial charge in [0.25, 0.3) is 0 Å². The maximum absolute atomic E-state index is 11.6. The number of anilines is 1. The molecule has 7 heteroatoms. The molecule has 1 aromatic rings. The minimum absolute atomic E-state index is 0.160. The first-order valence-corrected chi connectivity index (χ1v) is 5.05. The van der Waals surface area contributed by atoms with Gasteiger partial charge in [-0.15, -0.1) is 0 Å². The summed E-state index contributed by atoms with van der Waals surface area (Å²) >= 11 is 0. The molecule has 7 nitrogen and oxygen atoms in total. The molecule has 2 aliphatic heterocycles. The van der Waals surface area contributed by atoms with Crippen LogP contribution in [0.2, 0.25) is 0 Å². The van der Waals surface area contributed by atoms with E-state index in [4.69, 9.17) is 10.5 Å². The number of aliphatic hydroxyl groups is 1. The number of hydrogen-bond donors (Lipinski definition) is 3. The Morgan fingerprint density at radius 2 is 2.50 bits per heavy atom. The maximum atomic E-state index is 11.6. The number of nitrogens with zero attached hydrogens (tertiary/aromatic N) is 2. The Bertz CT molecular complexity index is 482. The van der Waals surface area contributed by atoms with Gasteiger partial charge in [0.1, 0.15) is 17.6 Å². The van der Waals surface area contributed by atoms with Gasteiger partial charge in [-0.1, -0.05) is 0 Å². The van der Waals surface area contributed by atoms with Crippen molar-refractivity contribution in [2.24, 2.45) is 0 Å². The smallest absolute Gasteiger partial charge is 0.351 e. The number of hydrogen-bond acceptors (Lipinski definition) is 6. The summed E-state index contributed by atoms with van der Waals surface area (Å²) in [6, 6.07) is 1.50. The second-order valence-corrected chi connectivity index (χ2v) is 4.17. The van der Waals surface area contributed by atoms with Gasteiger partial charge >= 0.3 is 5.69 Å². The van der Waals surface area contributed by atoms with Gasteiger partial charge in [-0.25, -0.2) is 4.79 Å². The first-order valence-electron chi connectivity index (χ1n) is 5.05. The fraction of sp³-hybridized carbons (Fsp3) is 0.556. The molecule has 1 aromatic heterocycles. The van der Waals surface area contributed by atoms with E-state index in [-0.39, 0.29) is 5.82 Å². The van der Waals surface area contributed by atoms with E-state index < -0.39 is 23.7 Å².